The van der Waals surface area contributed by atoms with Gasteiger partial charge in [0.25, 0.3) is 0 Å². The predicted molar refractivity (Wildman–Crippen MR) is 242 cm³/mol. The van der Waals surface area contributed by atoms with Gasteiger partial charge >= 0.3 is 17.9 Å². The number of halogens is 3. The van der Waals surface area contributed by atoms with Gasteiger partial charge in [-0.1, -0.05) is 121 Å². The summed E-state index contributed by atoms with van der Waals surface area (Å²) in [6.45, 7) is 0. The highest BCUT2D eigenvalue weighted by atomic mass is 79.9. The highest BCUT2D eigenvalue weighted by Gasteiger charge is 2.42. The quantitative estimate of drug-likeness (QED) is 0.119. The van der Waals surface area contributed by atoms with E-state index in [1.165, 1.54) is 18.6 Å². The third-order valence-corrected chi connectivity index (χ3v) is 13.2. The number of nitrogens with zero attached hydrogens (tertiary/aromatic N) is 3. The Hall–Kier alpha value is -5.82. The van der Waals surface area contributed by atoms with Crippen molar-refractivity contribution in [3.8, 4) is 17.2 Å². The van der Waals surface area contributed by atoms with Crippen molar-refractivity contribution in [2.45, 2.75) is 19.3 Å². The summed E-state index contributed by atoms with van der Waals surface area (Å²) in [6.07, 6.45) is 4.87. The molecule has 12 heteroatoms. The summed E-state index contributed by atoms with van der Waals surface area (Å²) in [7, 11) is 0. The molecule has 0 aliphatic heterocycles. The molecular weight excluding hydrogens is 954 g/mol. The molecule has 1 aliphatic rings. The van der Waals surface area contributed by atoms with Crippen LogP contribution < -0.4 is 14.2 Å². The molecule has 9 nitrogen and oxygen atoms in total. The van der Waals surface area contributed by atoms with Crippen LogP contribution in [-0.2, 0) is 14.4 Å². The molecule has 0 amide bonds. The number of ether oxygens (including phenoxy) is 3. The van der Waals surface area contributed by atoms with E-state index < -0.39 is 35.7 Å². The maximum Gasteiger partial charge on any atom is 0.314 e. The molecule has 294 valence electrons. The van der Waals surface area contributed by atoms with E-state index in [-0.39, 0.29) is 36.5 Å². The fourth-order valence-corrected chi connectivity index (χ4v) is 10.2. The lowest BCUT2D eigenvalue weighted by atomic mass is 9.75. The summed E-state index contributed by atoms with van der Waals surface area (Å²) in [5.74, 6) is -3.49. The highest BCUT2D eigenvalue weighted by Crippen LogP contribution is 2.39. The van der Waals surface area contributed by atoms with Crippen molar-refractivity contribution in [3.05, 3.63) is 141 Å². The van der Waals surface area contributed by atoms with Crippen molar-refractivity contribution in [3.63, 3.8) is 0 Å². The Morgan fingerprint density at radius 2 is 0.683 bits per heavy atom. The van der Waals surface area contributed by atoms with Gasteiger partial charge in [-0.15, -0.1) is 0 Å². The SMILES string of the molecule is O=C(Oc1cnc2c(c1)cc(Br)c1ccccc12)C1CC(C(=O)Oc2cnc3c(c2)cc(Br)c2ccccc23)CC(C(=O)Oc2cnc3c(c2)cc(Br)c2ccccc23)C1. The largest absolute Gasteiger partial charge is 0.425 e. The molecule has 9 aromatic rings. The number of aromatic nitrogens is 3. The van der Waals surface area contributed by atoms with Crippen LogP contribution in [0.4, 0.5) is 0 Å². The minimum absolute atomic E-state index is 0.106. The van der Waals surface area contributed by atoms with Gasteiger partial charge in [0.2, 0.25) is 0 Å². The Morgan fingerprint density at radius 3 is 0.967 bits per heavy atom. The third kappa shape index (κ3) is 7.16. The second-order valence-electron chi connectivity index (χ2n) is 15.0. The smallest absolute Gasteiger partial charge is 0.314 e. The molecule has 0 radical (unpaired) electrons. The number of esters is 3. The average molecular weight is 984 g/mol. The van der Waals surface area contributed by atoms with Gasteiger partial charge < -0.3 is 14.2 Å². The zero-order valence-electron chi connectivity index (χ0n) is 31.4. The normalized spacial score (nSPS) is 16.8. The standard InChI is InChI=1S/C48H30Br3N3O6/c49-40-19-25-16-31(22-52-43(25)37-10-4-1-7-34(37)40)58-46(55)28-13-29(47(56)59-32-17-26-20-41(50)35-8-2-5-11-38(35)44(26)53-23-32)15-30(14-28)48(57)60-33-18-27-21-42(51)36-9-3-6-12-39(36)45(27)54-24-33/h1-12,16-24,28-30H,13-15H2. The van der Waals surface area contributed by atoms with Crippen molar-refractivity contribution in [2.75, 3.05) is 0 Å². The van der Waals surface area contributed by atoms with Crippen LogP contribution in [0.2, 0.25) is 0 Å². The van der Waals surface area contributed by atoms with Crippen LogP contribution in [-0.4, -0.2) is 32.9 Å². The van der Waals surface area contributed by atoms with E-state index in [1.54, 1.807) is 18.2 Å². The van der Waals surface area contributed by atoms with Crippen molar-refractivity contribution in [1.29, 1.82) is 0 Å². The van der Waals surface area contributed by atoms with Crippen molar-refractivity contribution >= 4 is 131 Å². The number of carbonyl (C=O) groups is 3. The third-order valence-electron chi connectivity index (χ3n) is 11.2. The van der Waals surface area contributed by atoms with Crippen LogP contribution in [0.25, 0.3) is 65.0 Å². The lowest BCUT2D eigenvalue weighted by molar-refractivity contribution is -0.150. The molecule has 0 atom stereocenters. The van der Waals surface area contributed by atoms with E-state index in [0.717, 1.165) is 78.4 Å². The molecule has 0 N–H and O–H groups in total. The predicted octanol–water partition coefficient (Wildman–Crippen LogP) is 12.2. The van der Waals surface area contributed by atoms with Gasteiger partial charge in [-0.3, -0.25) is 29.3 Å². The van der Waals surface area contributed by atoms with Gasteiger partial charge in [-0.25, -0.2) is 0 Å². The van der Waals surface area contributed by atoms with E-state index in [9.17, 15) is 14.4 Å². The van der Waals surface area contributed by atoms with Gasteiger partial charge in [0.15, 0.2) is 0 Å². The zero-order chi connectivity index (χ0) is 41.1. The molecular formula is C48H30Br3N3O6. The number of carbonyl (C=O) groups excluding carboxylic acids is 3. The van der Waals surface area contributed by atoms with Gasteiger partial charge in [-0.05, 0) is 71.8 Å². The van der Waals surface area contributed by atoms with Crippen LogP contribution in [0, 0.1) is 17.8 Å². The molecule has 0 bridgehead atoms. The highest BCUT2D eigenvalue weighted by molar-refractivity contribution is 9.11. The van der Waals surface area contributed by atoms with E-state index >= 15 is 0 Å². The molecule has 3 heterocycles. The van der Waals surface area contributed by atoms with Crippen molar-refractivity contribution in [1.82, 2.24) is 15.0 Å². The second-order valence-corrected chi connectivity index (χ2v) is 17.6. The molecule has 0 saturated heterocycles. The fourth-order valence-electron chi connectivity index (χ4n) is 8.39. The Morgan fingerprint density at radius 1 is 0.417 bits per heavy atom. The summed E-state index contributed by atoms with van der Waals surface area (Å²) in [5, 5.41) is 8.27. The van der Waals surface area contributed by atoms with E-state index in [4.69, 9.17) is 14.2 Å². The number of pyridine rings is 3. The first-order valence-corrected chi connectivity index (χ1v) is 21.6. The number of hydrogen-bond acceptors (Lipinski definition) is 9. The van der Waals surface area contributed by atoms with Gasteiger partial charge in [0.05, 0.1) is 52.9 Å². The van der Waals surface area contributed by atoms with Crippen molar-refractivity contribution < 1.29 is 28.6 Å². The fraction of sp³-hybridized carbons (Fsp3) is 0.125. The Balaban J connectivity index is 0.932. The van der Waals surface area contributed by atoms with Crippen LogP contribution in [0.15, 0.2) is 141 Å². The monoisotopic (exact) mass is 981 g/mol. The van der Waals surface area contributed by atoms with Gasteiger partial charge in [-0.2, -0.15) is 0 Å². The summed E-state index contributed by atoms with van der Waals surface area (Å²) in [5.41, 5.74) is 2.30. The molecule has 6 aromatic carbocycles. The lowest BCUT2D eigenvalue weighted by Gasteiger charge is -2.31. The summed E-state index contributed by atoms with van der Waals surface area (Å²) >= 11 is 11.0. The topological polar surface area (TPSA) is 118 Å². The Labute approximate surface area is 367 Å². The van der Waals surface area contributed by atoms with Crippen LogP contribution >= 0.6 is 47.8 Å². The molecule has 1 saturated carbocycles. The molecule has 3 aromatic heterocycles. The molecule has 1 aliphatic carbocycles. The Bertz CT molecular complexity index is 2920. The number of benzene rings is 6. The zero-order valence-corrected chi connectivity index (χ0v) is 36.2. The number of fused-ring (bicyclic) bond motifs is 9. The summed E-state index contributed by atoms with van der Waals surface area (Å²) in [6, 6.07) is 34.8. The maximum absolute atomic E-state index is 14.0. The lowest BCUT2D eigenvalue weighted by Crippen LogP contribution is -2.39. The van der Waals surface area contributed by atoms with E-state index in [2.05, 4.69) is 62.7 Å². The Kier molecular flexibility index (Phi) is 10.0. The molecule has 10 rings (SSSR count). The minimum Gasteiger partial charge on any atom is -0.425 e. The van der Waals surface area contributed by atoms with E-state index in [0.29, 0.717) is 0 Å². The molecule has 0 unspecified atom stereocenters. The first-order valence-electron chi connectivity index (χ1n) is 19.2. The van der Waals surface area contributed by atoms with Crippen molar-refractivity contribution in [2.24, 2.45) is 17.8 Å². The number of rotatable bonds is 6. The molecule has 0 spiro atoms. The number of hydrogen-bond donors (Lipinski definition) is 0. The van der Waals surface area contributed by atoms with Crippen LogP contribution in [0.3, 0.4) is 0 Å². The minimum atomic E-state index is -0.831. The molecule has 1 fully saturated rings. The first kappa shape index (κ1) is 38.4. The van der Waals surface area contributed by atoms with E-state index in [1.807, 2.05) is 91.0 Å². The van der Waals surface area contributed by atoms with Crippen LogP contribution in [0.1, 0.15) is 19.3 Å². The molecule has 60 heavy (non-hydrogen) atoms. The van der Waals surface area contributed by atoms with Gasteiger partial charge in [0, 0.05) is 45.7 Å². The summed E-state index contributed by atoms with van der Waals surface area (Å²) < 4.78 is 20.5. The van der Waals surface area contributed by atoms with Crippen LogP contribution in [0.5, 0.6) is 17.2 Å². The average Bonchev–Trinajstić information content (AvgIpc) is 3.26. The first-order chi connectivity index (χ1) is 29.2. The summed E-state index contributed by atoms with van der Waals surface area (Å²) in [4.78, 5) is 56.0. The maximum atomic E-state index is 14.0. The van der Waals surface area contributed by atoms with Gasteiger partial charge in [0.1, 0.15) is 17.2 Å². The second kappa shape index (κ2) is 15.7.